The second kappa shape index (κ2) is 9.74. The Morgan fingerprint density at radius 3 is 1.48 bits per heavy atom. The predicted octanol–water partition coefficient (Wildman–Crippen LogP) is 10.5. The highest BCUT2D eigenvalue weighted by atomic mass is 15.0. The molecule has 0 aliphatic carbocycles. The first kappa shape index (κ1) is 25.1. The summed E-state index contributed by atoms with van der Waals surface area (Å²) in [5.74, 6) is 0. The molecular weight excluding hydrogens is 538 g/mol. The normalized spacial score (nSPS) is 11.1. The zero-order chi connectivity index (χ0) is 29.8. The summed E-state index contributed by atoms with van der Waals surface area (Å²) in [6.07, 6.45) is 0. The number of fused-ring (bicyclic) bond motifs is 6. The van der Waals surface area contributed by atoms with Crippen LogP contribution in [0.4, 0.5) is 11.4 Å². The summed E-state index contributed by atoms with van der Waals surface area (Å²) >= 11 is 0. The highest BCUT2D eigenvalue weighted by Crippen LogP contribution is 2.46. The van der Waals surface area contributed by atoms with Crippen LogP contribution in [0.15, 0.2) is 127 Å². The Morgan fingerprint density at radius 2 is 1.00 bits per heavy atom. The van der Waals surface area contributed by atoms with Gasteiger partial charge in [-0.05, 0) is 42.0 Å². The summed E-state index contributed by atoms with van der Waals surface area (Å²) < 4.78 is 4.26. The van der Waals surface area contributed by atoms with E-state index in [1.807, 2.05) is 84.9 Å². The van der Waals surface area contributed by atoms with Crippen LogP contribution in [0, 0.1) is 24.5 Å². The van der Waals surface area contributed by atoms with Crippen LogP contribution in [0.2, 0.25) is 0 Å². The standard InChI is InChI=1S/C39H21N5/c1-41-33-22-21-32(39(38(33)42-2)44-36-17-9-5-13-30(36)31-14-6-10-18-37(31)44)27-20-19-26(23-25(27)24-40)43-34-15-7-3-11-28(34)29-12-4-8-16-35(29)43/h3-23H. The van der Waals surface area contributed by atoms with Crippen LogP contribution in [0.1, 0.15) is 5.56 Å². The second-order valence-corrected chi connectivity index (χ2v) is 10.6. The van der Waals surface area contributed by atoms with Crippen LogP contribution in [-0.4, -0.2) is 9.13 Å². The molecule has 0 atom stereocenters. The maximum absolute atomic E-state index is 10.5. The molecule has 8 aromatic rings. The van der Waals surface area contributed by atoms with Gasteiger partial charge in [-0.25, -0.2) is 4.85 Å². The molecule has 6 aromatic carbocycles. The average Bonchev–Trinajstić information content (AvgIpc) is 3.60. The van der Waals surface area contributed by atoms with Crippen LogP contribution < -0.4 is 0 Å². The molecule has 2 heterocycles. The zero-order valence-electron chi connectivity index (χ0n) is 23.4. The van der Waals surface area contributed by atoms with Gasteiger partial charge in [-0.2, -0.15) is 5.26 Å². The Balaban J connectivity index is 1.44. The van der Waals surface area contributed by atoms with E-state index in [0.29, 0.717) is 16.8 Å². The van der Waals surface area contributed by atoms with Gasteiger partial charge in [0.05, 0.1) is 46.8 Å². The largest absolute Gasteiger partial charge is 0.320 e. The van der Waals surface area contributed by atoms with Crippen LogP contribution in [0.3, 0.4) is 0 Å². The molecule has 0 aliphatic heterocycles. The van der Waals surface area contributed by atoms with E-state index in [4.69, 9.17) is 13.1 Å². The van der Waals surface area contributed by atoms with Gasteiger partial charge in [-0.15, -0.1) is 0 Å². The molecule has 2 aromatic heterocycles. The minimum atomic E-state index is 0.263. The van der Waals surface area contributed by atoms with Gasteiger partial charge >= 0.3 is 0 Å². The molecule has 44 heavy (non-hydrogen) atoms. The average molecular weight is 560 g/mol. The Hall–Kier alpha value is -6.61. The zero-order valence-corrected chi connectivity index (χ0v) is 23.4. The molecule has 0 amide bonds. The molecule has 0 bridgehead atoms. The number of hydrogen-bond acceptors (Lipinski definition) is 1. The second-order valence-electron chi connectivity index (χ2n) is 10.6. The quantitative estimate of drug-likeness (QED) is 0.199. The number of benzene rings is 6. The third-order valence-corrected chi connectivity index (χ3v) is 8.42. The van der Waals surface area contributed by atoms with Crippen LogP contribution >= 0.6 is 0 Å². The van der Waals surface area contributed by atoms with E-state index in [2.05, 4.69) is 61.3 Å². The molecule has 0 spiro atoms. The van der Waals surface area contributed by atoms with Crippen molar-refractivity contribution in [1.82, 2.24) is 9.13 Å². The van der Waals surface area contributed by atoms with Gasteiger partial charge in [0.25, 0.3) is 0 Å². The van der Waals surface area contributed by atoms with Crippen molar-refractivity contribution in [3.8, 4) is 28.6 Å². The van der Waals surface area contributed by atoms with E-state index in [-0.39, 0.29) is 11.4 Å². The lowest BCUT2D eigenvalue weighted by atomic mass is 9.96. The molecule has 0 radical (unpaired) electrons. The maximum atomic E-state index is 10.5. The fourth-order valence-corrected chi connectivity index (χ4v) is 6.58. The lowest BCUT2D eigenvalue weighted by Gasteiger charge is -2.19. The van der Waals surface area contributed by atoms with Crippen molar-refractivity contribution in [3.63, 3.8) is 0 Å². The number of rotatable bonds is 3. The molecule has 0 saturated heterocycles. The van der Waals surface area contributed by atoms with Crippen molar-refractivity contribution in [2.75, 3.05) is 0 Å². The van der Waals surface area contributed by atoms with Crippen molar-refractivity contribution in [2.45, 2.75) is 0 Å². The number of nitriles is 1. The third-order valence-electron chi connectivity index (χ3n) is 8.42. The van der Waals surface area contributed by atoms with E-state index in [9.17, 15) is 5.26 Å². The lowest BCUT2D eigenvalue weighted by Crippen LogP contribution is -2.00. The van der Waals surface area contributed by atoms with E-state index in [0.717, 1.165) is 54.9 Å². The van der Waals surface area contributed by atoms with Gasteiger partial charge in [0.1, 0.15) is 0 Å². The topological polar surface area (TPSA) is 42.4 Å². The summed E-state index contributed by atoms with van der Waals surface area (Å²) in [6, 6.07) is 44.7. The van der Waals surface area contributed by atoms with E-state index >= 15 is 0 Å². The molecule has 0 fully saturated rings. The van der Waals surface area contributed by atoms with E-state index in [1.165, 1.54) is 0 Å². The van der Waals surface area contributed by atoms with Crippen LogP contribution in [0.5, 0.6) is 0 Å². The molecule has 0 N–H and O–H groups in total. The minimum Gasteiger partial charge on any atom is -0.320 e. The van der Waals surface area contributed by atoms with Gasteiger partial charge in [0, 0.05) is 38.5 Å². The number of nitrogens with zero attached hydrogens (tertiary/aromatic N) is 5. The van der Waals surface area contributed by atoms with Gasteiger partial charge in [-0.3, -0.25) is 4.85 Å². The molecule has 0 saturated carbocycles. The maximum Gasteiger partial charge on any atom is 0.218 e. The van der Waals surface area contributed by atoms with Crippen molar-refractivity contribution >= 4 is 55.0 Å². The van der Waals surface area contributed by atoms with E-state index in [1.54, 1.807) is 6.07 Å². The first-order valence-electron chi connectivity index (χ1n) is 14.2. The Labute approximate surface area is 253 Å². The first-order chi connectivity index (χ1) is 21.7. The molecule has 0 aliphatic rings. The molecule has 5 heteroatoms. The lowest BCUT2D eigenvalue weighted by molar-refractivity contribution is 1.17. The molecule has 8 rings (SSSR count). The summed E-state index contributed by atoms with van der Waals surface area (Å²) in [4.78, 5) is 7.62. The van der Waals surface area contributed by atoms with Crippen LogP contribution in [-0.2, 0) is 0 Å². The fraction of sp³-hybridized carbons (Fsp3) is 0. The minimum absolute atomic E-state index is 0.263. The summed E-state index contributed by atoms with van der Waals surface area (Å²) in [5, 5.41) is 15.0. The fourth-order valence-electron chi connectivity index (χ4n) is 6.58. The first-order valence-corrected chi connectivity index (χ1v) is 14.2. The summed E-state index contributed by atoms with van der Waals surface area (Å²) in [6.45, 7) is 16.0. The number of para-hydroxylation sites is 4. The smallest absolute Gasteiger partial charge is 0.218 e. The molecule has 202 valence electrons. The summed E-state index contributed by atoms with van der Waals surface area (Å²) in [7, 11) is 0. The van der Waals surface area contributed by atoms with Crippen LogP contribution in [0.25, 0.3) is 75.8 Å². The van der Waals surface area contributed by atoms with Crippen molar-refractivity contribution in [3.05, 3.63) is 156 Å². The third kappa shape index (κ3) is 3.50. The van der Waals surface area contributed by atoms with Gasteiger partial charge in [0.2, 0.25) is 5.69 Å². The Bertz CT molecular complexity index is 2490. The number of aromatic nitrogens is 2. The van der Waals surface area contributed by atoms with Gasteiger partial charge in [-0.1, -0.05) is 91.0 Å². The molecular formula is C39H21N5. The SMILES string of the molecule is [C-]#[N+]c1ccc(-c2ccc(-n3c4ccccc4c4ccccc43)cc2C#N)c(-n2c3ccccc3c3ccccc32)c1[N+]#[C-]. The van der Waals surface area contributed by atoms with Crippen molar-refractivity contribution in [1.29, 1.82) is 5.26 Å². The van der Waals surface area contributed by atoms with E-state index < -0.39 is 0 Å². The Morgan fingerprint density at radius 1 is 0.523 bits per heavy atom. The highest BCUT2D eigenvalue weighted by Gasteiger charge is 2.23. The van der Waals surface area contributed by atoms with Gasteiger partial charge < -0.3 is 9.13 Å². The monoisotopic (exact) mass is 559 g/mol. The summed E-state index contributed by atoms with van der Waals surface area (Å²) in [5.41, 5.74) is 7.93. The molecule has 0 unspecified atom stereocenters. The van der Waals surface area contributed by atoms with Gasteiger partial charge in [0.15, 0.2) is 5.69 Å². The highest BCUT2D eigenvalue weighted by molar-refractivity contribution is 6.11. The number of hydrogen-bond donors (Lipinski definition) is 0. The van der Waals surface area contributed by atoms with Crippen molar-refractivity contribution in [2.24, 2.45) is 0 Å². The molecule has 5 nitrogen and oxygen atoms in total. The Kier molecular flexibility index (Phi) is 5.56. The van der Waals surface area contributed by atoms with Crippen molar-refractivity contribution < 1.29 is 0 Å². The predicted molar refractivity (Wildman–Crippen MR) is 178 cm³/mol.